The summed E-state index contributed by atoms with van der Waals surface area (Å²) in [6, 6.07) is 8.17. The second kappa shape index (κ2) is 12.1. The smallest absolute Gasteiger partial charge is 0.351 e. The lowest BCUT2D eigenvalue weighted by Gasteiger charge is -2.29. The summed E-state index contributed by atoms with van der Waals surface area (Å²) in [5.74, 6) is -4.31. The van der Waals surface area contributed by atoms with Crippen LogP contribution < -0.4 is 14.8 Å². The lowest BCUT2D eigenvalue weighted by atomic mass is 10.1. The third kappa shape index (κ3) is 6.66. The Kier molecular flexibility index (Phi) is 8.88. The van der Waals surface area contributed by atoms with Crippen LogP contribution in [0.4, 0.5) is 0 Å². The van der Waals surface area contributed by atoms with E-state index in [0.29, 0.717) is 0 Å². The normalized spacial score (nSPS) is 22.0. The van der Waals surface area contributed by atoms with Crippen LogP contribution in [-0.4, -0.2) is 72.0 Å². The Bertz CT molecular complexity index is 1140. The van der Waals surface area contributed by atoms with Crippen molar-refractivity contribution < 1.29 is 48.0 Å². The minimum Gasteiger partial charge on any atom is -0.503 e. The molecule has 1 aromatic carbocycles. The molecule has 2 heterocycles. The first-order valence-corrected chi connectivity index (χ1v) is 11.4. The van der Waals surface area contributed by atoms with Crippen molar-refractivity contribution in [3.63, 3.8) is 0 Å². The first-order valence-electron chi connectivity index (χ1n) is 11.4. The van der Waals surface area contributed by atoms with Gasteiger partial charge >= 0.3 is 17.9 Å². The van der Waals surface area contributed by atoms with Gasteiger partial charge in [-0.2, -0.15) is 0 Å². The molecule has 0 bridgehead atoms. The van der Waals surface area contributed by atoms with Crippen molar-refractivity contribution in [2.75, 3.05) is 13.7 Å². The van der Waals surface area contributed by atoms with Gasteiger partial charge in [-0.3, -0.25) is 9.59 Å². The third-order valence-electron chi connectivity index (χ3n) is 5.33. The second-order valence-electron chi connectivity index (χ2n) is 8.42. The van der Waals surface area contributed by atoms with Crippen molar-refractivity contribution in [3.05, 3.63) is 48.3 Å². The van der Waals surface area contributed by atoms with Crippen molar-refractivity contribution in [1.82, 2.24) is 10.3 Å². The molecule has 198 valence electrons. The van der Waals surface area contributed by atoms with Crippen LogP contribution in [0.25, 0.3) is 0 Å². The van der Waals surface area contributed by atoms with E-state index in [1.165, 1.54) is 26.3 Å². The molecule has 1 aliphatic heterocycles. The molecule has 4 atom stereocenters. The fourth-order valence-corrected chi connectivity index (χ4v) is 3.31. The number of rotatable bonds is 7. The van der Waals surface area contributed by atoms with Crippen LogP contribution in [0, 0.1) is 5.92 Å². The second-order valence-corrected chi connectivity index (χ2v) is 8.42. The lowest BCUT2D eigenvalue weighted by molar-refractivity contribution is -0.180. The molecule has 12 heteroatoms. The van der Waals surface area contributed by atoms with Crippen molar-refractivity contribution in [2.24, 2.45) is 5.92 Å². The molecule has 12 nitrogen and oxygen atoms in total. The van der Waals surface area contributed by atoms with Crippen LogP contribution in [-0.2, 0) is 28.6 Å². The highest BCUT2D eigenvalue weighted by Gasteiger charge is 2.44. The van der Waals surface area contributed by atoms with Crippen molar-refractivity contribution in [2.45, 2.75) is 45.1 Å². The van der Waals surface area contributed by atoms with E-state index >= 15 is 0 Å². The zero-order chi connectivity index (χ0) is 27.1. The molecule has 1 amide bonds. The molecule has 2 N–H and O–H groups in total. The predicted molar refractivity (Wildman–Crippen MR) is 126 cm³/mol. The van der Waals surface area contributed by atoms with Crippen molar-refractivity contribution in [3.8, 4) is 17.2 Å². The highest BCUT2D eigenvalue weighted by atomic mass is 16.6. The number of nitrogens with zero attached hydrogens (tertiary/aromatic N) is 1. The first kappa shape index (κ1) is 27.2. The summed E-state index contributed by atoms with van der Waals surface area (Å²) in [6.45, 7) is 4.01. The number of aromatic nitrogens is 1. The number of ether oxygens (including phenoxy) is 5. The van der Waals surface area contributed by atoms with E-state index in [1.807, 2.05) is 0 Å². The van der Waals surface area contributed by atoms with Crippen molar-refractivity contribution >= 4 is 23.8 Å². The van der Waals surface area contributed by atoms with Gasteiger partial charge in [0.15, 0.2) is 29.3 Å². The Balaban J connectivity index is 1.87. The first-order chi connectivity index (χ1) is 17.6. The van der Waals surface area contributed by atoms with Crippen LogP contribution in [0.5, 0.6) is 17.2 Å². The number of nitrogens with one attached hydrogen (secondary N) is 1. The van der Waals surface area contributed by atoms with E-state index in [9.17, 15) is 24.3 Å². The Morgan fingerprint density at radius 2 is 1.84 bits per heavy atom. The molecule has 4 unspecified atom stereocenters. The molecule has 0 saturated carbocycles. The average molecular weight is 517 g/mol. The van der Waals surface area contributed by atoms with Gasteiger partial charge in [0.1, 0.15) is 18.5 Å². The van der Waals surface area contributed by atoms with Gasteiger partial charge in [0, 0.05) is 12.3 Å². The summed E-state index contributed by atoms with van der Waals surface area (Å²) >= 11 is 0. The number of benzene rings is 1. The molecule has 1 saturated heterocycles. The largest absolute Gasteiger partial charge is 0.503 e. The van der Waals surface area contributed by atoms with Gasteiger partial charge in [-0.25, -0.2) is 14.6 Å². The number of hydrogen-bond acceptors (Lipinski definition) is 11. The van der Waals surface area contributed by atoms with Gasteiger partial charge in [0.2, 0.25) is 6.10 Å². The minimum atomic E-state index is -1.48. The van der Waals surface area contributed by atoms with Gasteiger partial charge in [-0.05, 0) is 19.1 Å². The van der Waals surface area contributed by atoms with E-state index in [-0.39, 0.29) is 11.5 Å². The van der Waals surface area contributed by atoms with Crippen LogP contribution in [0.3, 0.4) is 0 Å². The van der Waals surface area contributed by atoms with Gasteiger partial charge in [-0.15, -0.1) is 0 Å². The standard InChI is InChI=1S/C25H28N2O10/c1-13(2)23(30)37-20-14(3)35-24(31)16(27-22(29)18-19(28)17(33-4)10-11-26-18)12-34-25(32)21(20)36-15-8-6-5-7-9-15/h5-11,13-14,16,20-21,28H,12H2,1-4H3,(H,27,29). The van der Waals surface area contributed by atoms with E-state index in [0.717, 1.165) is 0 Å². The van der Waals surface area contributed by atoms with Crippen molar-refractivity contribution in [1.29, 1.82) is 0 Å². The number of methoxy groups -OCH3 is 1. The fourth-order valence-electron chi connectivity index (χ4n) is 3.31. The fraction of sp³-hybridized carbons (Fsp3) is 0.400. The maximum absolute atomic E-state index is 13.1. The van der Waals surface area contributed by atoms with E-state index in [1.54, 1.807) is 44.2 Å². The highest BCUT2D eigenvalue weighted by Crippen LogP contribution is 2.27. The lowest BCUT2D eigenvalue weighted by Crippen LogP contribution is -2.49. The summed E-state index contributed by atoms with van der Waals surface area (Å²) in [6.07, 6.45) is -2.77. The molecule has 1 aliphatic rings. The molecule has 0 aliphatic carbocycles. The minimum absolute atomic E-state index is 0.00652. The van der Waals surface area contributed by atoms with E-state index in [2.05, 4.69) is 10.3 Å². The average Bonchev–Trinajstić information content (AvgIpc) is 2.91. The molecule has 1 fully saturated rings. The summed E-state index contributed by atoms with van der Waals surface area (Å²) in [5.41, 5.74) is -0.416. The molecular formula is C25H28N2O10. The van der Waals surface area contributed by atoms with E-state index < -0.39 is 72.1 Å². The number of hydrogen-bond donors (Lipinski definition) is 2. The quantitative estimate of drug-likeness (QED) is 0.404. The number of esters is 3. The number of carbonyl (C=O) groups is 4. The molecular weight excluding hydrogens is 488 g/mol. The molecule has 37 heavy (non-hydrogen) atoms. The Labute approximate surface area is 212 Å². The van der Waals surface area contributed by atoms with Crippen LogP contribution >= 0.6 is 0 Å². The number of amides is 1. The maximum Gasteiger partial charge on any atom is 0.351 e. The summed E-state index contributed by atoms with van der Waals surface area (Å²) in [5, 5.41) is 12.5. The predicted octanol–water partition coefficient (Wildman–Crippen LogP) is 1.40. The zero-order valence-corrected chi connectivity index (χ0v) is 20.7. The molecule has 1 aromatic heterocycles. The SMILES string of the molecule is COc1ccnc(C(=O)NC2COC(=O)C(Oc3ccccc3)C(OC(=O)C(C)C)C(C)OC2=O)c1O. The highest BCUT2D eigenvalue weighted by molar-refractivity contribution is 5.98. The topological polar surface area (TPSA) is 160 Å². The number of para-hydroxylation sites is 1. The Morgan fingerprint density at radius 1 is 1.14 bits per heavy atom. The van der Waals surface area contributed by atoms with Crippen LogP contribution in [0.2, 0.25) is 0 Å². The summed E-state index contributed by atoms with van der Waals surface area (Å²) < 4.78 is 27.0. The number of pyridine rings is 1. The molecule has 3 rings (SSSR count). The van der Waals surface area contributed by atoms with Gasteiger partial charge < -0.3 is 34.1 Å². The number of carbonyl (C=O) groups excluding carboxylic acids is 4. The van der Waals surface area contributed by atoms with Crippen LogP contribution in [0.1, 0.15) is 31.3 Å². The van der Waals surface area contributed by atoms with E-state index in [4.69, 9.17) is 23.7 Å². The van der Waals surface area contributed by atoms with Gasteiger partial charge in [0.25, 0.3) is 5.91 Å². The molecule has 0 radical (unpaired) electrons. The zero-order valence-electron chi connectivity index (χ0n) is 20.7. The number of cyclic esters (lactones) is 2. The third-order valence-corrected chi connectivity index (χ3v) is 5.33. The maximum atomic E-state index is 13.1. The van der Waals surface area contributed by atoms with Crippen LogP contribution in [0.15, 0.2) is 42.6 Å². The number of aromatic hydroxyl groups is 1. The Morgan fingerprint density at radius 3 is 2.49 bits per heavy atom. The summed E-state index contributed by atoms with van der Waals surface area (Å²) in [4.78, 5) is 55.0. The Hall–Kier alpha value is -4.35. The summed E-state index contributed by atoms with van der Waals surface area (Å²) in [7, 11) is 1.30. The monoisotopic (exact) mass is 516 g/mol. The van der Waals surface area contributed by atoms with Gasteiger partial charge in [0.05, 0.1) is 13.0 Å². The van der Waals surface area contributed by atoms with Gasteiger partial charge in [-0.1, -0.05) is 32.0 Å². The molecule has 0 spiro atoms. The molecule has 2 aromatic rings.